The Bertz CT molecular complexity index is 422. The molecule has 0 aliphatic heterocycles. The molecule has 2 aromatic rings. The number of furan rings is 1. The zero-order valence-corrected chi connectivity index (χ0v) is 9.51. The Labute approximate surface area is 94.1 Å². The summed E-state index contributed by atoms with van der Waals surface area (Å²) >= 11 is 0. The van der Waals surface area contributed by atoms with Crippen LogP contribution in [0.25, 0.3) is 0 Å². The van der Waals surface area contributed by atoms with E-state index in [2.05, 4.69) is 15.0 Å². The summed E-state index contributed by atoms with van der Waals surface area (Å²) in [6, 6.07) is 3.83. The molecule has 0 saturated carbocycles. The Morgan fingerprint density at radius 2 is 2.25 bits per heavy atom. The van der Waals surface area contributed by atoms with Gasteiger partial charge in [0.2, 0.25) is 5.89 Å². The summed E-state index contributed by atoms with van der Waals surface area (Å²) < 4.78 is 10.4. The second-order valence-electron chi connectivity index (χ2n) is 3.71. The highest BCUT2D eigenvalue weighted by Gasteiger charge is 2.09. The van der Waals surface area contributed by atoms with Crippen LogP contribution in [-0.4, -0.2) is 22.1 Å². The summed E-state index contributed by atoms with van der Waals surface area (Å²) in [6.07, 6.45) is 2.47. The number of rotatable bonds is 5. The van der Waals surface area contributed by atoms with E-state index in [9.17, 15) is 0 Å². The maximum Gasteiger partial charge on any atom is 0.240 e. The molecule has 0 atom stereocenters. The van der Waals surface area contributed by atoms with Crippen LogP contribution in [0.3, 0.4) is 0 Å². The van der Waals surface area contributed by atoms with Crippen molar-refractivity contribution in [3.05, 3.63) is 35.9 Å². The summed E-state index contributed by atoms with van der Waals surface area (Å²) in [7, 11) is 1.98. The highest BCUT2D eigenvalue weighted by atomic mass is 16.5. The third-order valence-electron chi connectivity index (χ3n) is 2.24. The van der Waals surface area contributed by atoms with Gasteiger partial charge in [-0.2, -0.15) is 4.98 Å². The summed E-state index contributed by atoms with van der Waals surface area (Å²) in [4.78, 5) is 6.31. The molecule has 5 heteroatoms. The first kappa shape index (κ1) is 10.9. The molecule has 0 aromatic carbocycles. The Hall–Kier alpha value is -1.62. The first-order valence-electron chi connectivity index (χ1n) is 5.30. The Kier molecular flexibility index (Phi) is 3.36. The molecule has 0 saturated heterocycles. The van der Waals surface area contributed by atoms with E-state index in [1.165, 1.54) is 0 Å². The minimum absolute atomic E-state index is 0.633. The molecule has 5 nitrogen and oxygen atoms in total. The van der Waals surface area contributed by atoms with Crippen molar-refractivity contribution < 1.29 is 8.94 Å². The molecule has 2 aromatic heterocycles. The van der Waals surface area contributed by atoms with E-state index < -0.39 is 0 Å². The van der Waals surface area contributed by atoms with Gasteiger partial charge in [-0.25, -0.2) is 0 Å². The molecule has 0 bridgehead atoms. The topological polar surface area (TPSA) is 55.3 Å². The van der Waals surface area contributed by atoms with Crippen LogP contribution in [0.5, 0.6) is 0 Å². The van der Waals surface area contributed by atoms with Crippen LogP contribution in [-0.2, 0) is 19.5 Å². The third-order valence-corrected chi connectivity index (χ3v) is 2.24. The molecule has 0 N–H and O–H groups in total. The second-order valence-corrected chi connectivity index (χ2v) is 3.71. The Morgan fingerprint density at radius 3 is 2.88 bits per heavy atom. The number of hydrogen-bond acceptors (Lipinski definition) is 5. The highest BCUT2D eigenvalue weighted by Crippen LogP contribution is 2.07. The Balaban J connectivity index is 1.89. The lowest BCUT2D eigenvalue weighted by Crippen LogP contribution is -2.17. The monoisotopic (exact) mass is 221 g/mol. The van der Waals surface area contributed by atoms with Gasteiger partial charge in [-0.15, -0.1) is 0 Å². The van der Waals surface area contributed by atoms with Crippen LogP contribution in [0, 0.1) is 0 Å². The molecule has 0 radical (unpaired) electrons. The summed E-state index contributed by atoms with van der Waals surface area (Å²) in [6.45, 7) is 3.37. The van der Waals surface area contributed by atoms with Gasteiger partial charge in [-0.05, 0) is 19.2 Å². The molecule has 2 heterocycles. The fraction of sp³-hybridized carbons (Fsp3) is 0.455. The average Bonchev–Trinajstić information content (AvgIpc) is 2.89. The third kappa shape index (κ3) is 2.70. The summed E-state index contributed by atoms with van der Waals surface area (Å²) in [5.41, 5.74) is 0. The van der Waals surface area contributed by atoms with Crippen molar-refractivity contribution in [3.63, 3.8) is 0 Å². The SMILES string of the molecule is CCc1noc(CN(C)Cc2ccco2)n1. The van der Waals surface area contributed by atoms with Crippen LogP contribution >= 0.6 is 0 Å². The molecule has 0 fully saturated rings. The van der Waals surface area contributed by atoms with Crippen LogP contribution in [0.15, 0.2) is 27.3 Å². The van der Waals surface area contributed by atoms with E-state index in [0.29, 0.717) is 12.4 Å². The van der Waals surface area contributed by atoms with E-state index in [4.69, 9.17) is 8.94 Å². The molecule has 2 rings (SSSR count). The lowest BCUT2D eigenvalue weighted by Gasteiger charge is -2.11. The molecule has 0 amide bonds. The summed E-state index contributed by atoms with van der Waals surface area (Å²) in [5, 5.41) is 3.85. The molecule has 0 spiro atoms. The number of nitrogens with zero attached hydrogens (tertiary/aromatic N) is 3. The fourth-order valence-electron chi connectivity index (χ4n) is 1.45. The van der Waals surface area contributed by atoms with Crippen molar-refractivity contribution in [1.29, 1.82) is 0 Å². The van der Waals surface area contributed by atoms with Gasteiger partial charge in [0.15, 0.2) is 5.82 Å². The smallest absolute Gasteiger partial charge is 0.240 e. The summed E-state index contributed by atoms with van der Waals surface area (Å²) in [5.74, 6) is 2.32. The van der Waals surface area contributed by atoms with Crippen molar-refractivity contribution in [2.24, 2.45) is 0 Å². The highest BCUT2D eigenvalue weighted by molar-refractivity contribution is 4.98. The van der Waals surface area contributed by atoms with E-state index in [-0.39, 0.29) is 0 Å². The number of hydrogen-bond donors (Lipinski definition) is 0. The van der Waals surface area contributed by atoms with Gasteiger partial charge in [0.25, 0.3) is 0 Å². The van der Waals surface area contributed by atoms with Crippen molar-refractivity contribution in [2.75, 3.05) is 7.05 Å². The number of aromatic nitrogens is 2. The molecule has 0 unspecified atom stereocenters. The van der Waals surface area contributed by atoms with Gasteiger partial charge in [-0.1, -0.05) is 12.1 Å². The quantitative estimate of drug-likeness (QED) is 0.771. The van der Waals surface area contributed by atoms with Gasteiger partial charge in [0.05, 0.1) is 19.4 Å². The van der Waals surface area contributed by atoms with Crippen LogP contribution in [0.1, 0.15) is 24.4 Å². The molecule has 0 aliphatic carbocycles. The lowest BCUT2D eigenvalue weighted by molar-refractivity contribution is 0.244. The largest absolute Gasteiger partial charge is 0.468 e. The maximum absolute atomic E-state index is 5.26. The van der Waals surface area contributed by atoms with Crippen LogP contribution in [0.4, 0.5) is 0 Å². The first-order chi connectivity index (χ1) is 7.78. The second kappa shape index (κ2) is 4.94. The van der Waals surface area contributed by atoms with Gasteiger partial charge >= 0.3 is 0 Å². The maximum atomic E-state index is 5.26. The van der Waals surface area contributed by atoms with E-state index >= 15 is 0 Å². The van der Waals surface area contributed by atoms with Crippen molar-refractivity contribution >= 4 is 0 Å². The zero-order chi connectivity index (χ0) is 11.4. The standard InChI is InChI=1S/C11H15N3O2/c1-3-10-12-11(16-13-10)8-14(2)7-9-5-4-6-15-9/h4-6H,3,7-8H2,1-2H3. The predicted molar refractivity (Wildman–Crippen MR) is 57.6 cm³/mol. The van der Waals surface area contributed by atoms with Crippen molar-refractivity contribution in [1.82, 2.24) is 15.0 Å². The van der Waals surface area contributed by atoms with Gasteiger partial charge in [0.1, 0.15) is 5.76 Å². The normalized spacial score (nSPS) is 11.2. The molecule has 16 heavy (non-hydrogen) atoms. The zero-order valence-electron chi connectivity index (χ0n) is 9.51. The average molecular weight is 221 g/mol. The van der Waals surface area contributed by atoms with E-state index in [1.807, 2.05) is 26.1 Å². The van der Waals surface area contributed by atoms with E-state index in [1.54, 1.807) is 6.26 Å². The lowest BCUT2D eigenvalue weighted by atomic mass is 10.4. The Morgan fingerprint density at radius 1 is 1.38 bits per heavy atom. The minimum Gasteiger partial charge on any atom is -0.468 e. The van der Waals surface area contributed by atoms with Gasteiger partial charge in [0, 0.05) is 6.42 Å². The molecular formula is C11H15N3O2. The van der Waals surface area contributed by atoms with Gasteiger partial charge < -0.3 is 8.94 Å². The fourth-order valence-corrected chi connectivity index (χ4v) is 1.45. The predicted octanol–water partition coefficient (Wildman–Crippen LogP) is 1.86. The molecule has 86 valence electrons. The minimum atomic E-state index is 0.633. The molecular weight excluding hydrogens is 206 g/mol. The molecule has 0 aliphatic rings. The van der Waals surface area contributed by atoms with E-state index in [0.717, 1.165) is 24.6 Å². The van der Waals surface area contributed by atoms with Crippen molar-refractivity contribution in [3.8, 4) is 0 Å². The van der Waals surface area contributed by atoms with Crippen molar-refractivity contribution in [2.45, 2.75) is 26.4 Å². The van der Waals surface area contributed by atoms with Crippen LogP contribution in [0.2, 0.25) is 0 Å². The van der Waals surface area contributed by atoms with Gasteiger partial charge in [-0.3, -0.25) is 4.90 Å². The number of aryl methyl sites for hydroxylation is 1. The first-order valence-corrected chi connectivity index (χ1v) is 5.30. The van der Waals surface area contributed by atoms with Crippen LogP contribution < -0.4 is 0 Å².